The van der Waals surface area contributed by atoms with Crippen LogP contribution in [0.3, 0.4) is 0 Å². The molecule has 0 unspecified atom stereocenters. The minimum atomic E-state index is -4.52. The lowest BCUT2D eigenvalue weighted by Gasteiger charge is -2.12. The summed E-state index contributed by atoms with van der Waals surface area (Å²) in [6.45, 7) is 3.16. The van der Waals surface area contributed by atoms with Crippen LogP contribution in [0.5, 0.6) is 0 Å². The number of carbonyl (C=O) groups is 2. The molecule has 0 spiro atoms. The second-order valence-corrected chi connectivity index (χ2v) is 9.72. The lowest BCUT2D eigenvalue weighted by molar-refractivity contribution is -0.134. The van der Waals surface area contributed by atoms with E-state index < -0.39 is 29.1 Å². The summed E-state index contributed by atoms with van der Waals surface area (Å²) in [5, 5.41) is 4.91. The average Bonchev–Trinajstić information content (AvgIpc) is 3.53. The van der Waals surface area contributed by atoms with E-state index in [0.717, 1.165) is 0 Å². The van der Waals surface area contributed by atoms with Gasteiger partial charge >= 0.3 is 6.18 Å². The van der Waals surface area contributed by atoms with Gasteiger partial charge in [-0.2, -0.15) is 13.2 Å². The van der Waals surface area contributed by atoms with Crippen LogP contribution in [0.15, 0.2) is 55.0 Å². The van der Waals surface area contributed by atoms with Crippen LogP contribution in [0, 0.1) is 0 Å². The largest absolute Gasteiger partial charge is 0.427 e. The Morgan fingerprint density at radius 2 is 2.00 bits per heavy atom. The smallest absolute Gasteiger partial charge is 0.306 e. The monoisotopic (exact) mass is 548 g/mol. The number of nitrogens with zero attached hydrogens (tertiary/aromatic N) is 4. The van der Waals surface area contributed by atoms with Crippen molar-refractivity contribution in [3.05, 3.63) is 65.4 Å². The first-order chi connectivity index (χ1) is 18.1. The summed E-state index contributed by atoms with van der Waals surface area (Å²) in [5.74, 6) is -1.31. The number of nitrogens with one attached hydrogen (secondary N) is 2. The van der Waals surface area contributed by atoms with Gasteiger partial charge in [0.1, 0.15) is 11.0 Å². The molecule has 1 aromatic carbocycles. The van der Waals surface area contributed by atoms with E-state index in [2.05, 4.69) is 25.6 Å². The molecule has 0 saturated carbocycles. The zero-order valence-electron chi connectivity index (χ0n) is 20.2. The molecule has 3 heterocycles. The zero-order valence-corrected chi connectivity index (χ0v) is 21.0. The molecule has 13 heteroatoms. The lowest BCUT2D eigenvalue weighted by atomic mass is 9.97. The van der Waals surface area contributed by atoms with Crippen molar-refractivity contribution in [3.8, 4) is 11.3 Å². The molecule has 8 nitrogen and oxygen atoms in total. The summed E-state index contributed by atoms with van der Waals surface area (Å²) in [7, 11) is 0. The molecule has 1 fully saturated rings. The standard InChI is InChI=1S/C25H24F4N6O2S/c1-15(23(37)34-24-32-12-20(38-24)25(27,28)29)16-4-2-5-17(10-16)19-11-31-21(13-30-19)33-22(36)6-3-8-35-9-7-18(26)14-35/h2-6,10-13,15,18H,7-9,14H2,1H3,(H,31,33,36)(H,32,34,37)/b6-3+/t15-,18-/m0/s1. The summed E-state index contributed by atoms with van der Waals surface area (Å²) >= 11 is 0.360. The molecule has 38 heavy (non-hydrogen) atoms. The highest BCUT2D eigenvalue weighted by molar-refractivity contribution is 7.15. The van der Waals surface area contributed by atoms with Gasteiger partial charge in [-0.05, 0) is 25.0 Å². The number of amides is 2. The van der Waals surface area contributed by atoms with Crippen molar-refractivity contribution in [3.63, 3.8) is 0 Å². The highest BCUT2D eigenvalue weighted by atomic mass is 32.1. The Morgan fingerprint density at radius 3 is 2.66 bits per heavy atom. The number of benzene rings is 1. The minimum absolute atomic E-state index is 0.131. The number of thiazole rings is 1. The Morgan fingerprint density at radius 1 is 1.18 bits per heavy atom. The fourth-order valence-corrected chi connectivity index (χ4v) is 4.45. The minimum Gasteiger partial charge on any atom is -0.306 e. The first kappa shape index (κ1) is 27.3. The van der Waals surface area contributed by atoms with Crippen LogP contribution in [0.1, 0.15) is 29.7 Å². The van der Waals surface area contributed by atoms with Crippen molar-refractivity contribution in [1.29, 1.82) is 0 Å². The number of aromatic nitrogens is 3. The fourth-order valence-electron chi connectivity index (χ4n) is 3.76. The first-order valence-corrected chi connectivity index (χ1v) is 12.5. The van der Waals surface area contributed by atoms with Crippen molar-refractivity contribution in [1.82, 2.24) is 19.9 Å². The van der Waals surface area contributed by atoms with E-state index >= 15 is 0 Å². The number of carbonyl (C=O) groups excluding carboxylic acids is 2. The number of anilines is 2. The Kier molecular flexibility index (Phi) is 8.47. The van der Waals surface area contributed by atoms with Crippen LogP contribution in [0.25, 0.3) is 11.3 Å². The van der Waals surface area contributed by atoms with Crippen molar-refractivity contribution in [2.45, 2.75) is 31.6 Å². The molecule has 2 amide bonds. The van der Waals surface area contributed by atoms with Crippen LogP contribution < -0.4 is 10.6 Å². The third-order valence-corrected chi connectivity index (χ3v) is 6.80. The van der Waals surface area contributed by atoms with Crippen molar-refractivity contribution in [2.24, 2.45) is 0 Å². The van der Waals surface area contributed by atoms with Gasteiger partial charge < -0.3 is 10.6 Å². The van der Waals surface area contributed by atoms with E-state index in [0.29, 0.717) is 60.4 Å². The molecule has 2 aromatic heterocycles. The maximum atomic E-state index is 13.2. The summed E-state index contributed by atoms with van der Waals surface area (Å²) in [6.07, 6.45) is 1.77. The van der Waals surface area contributed by atoms with Gasteiger partial charge in [0.2, 0.25) is 11.8 Å². The molecule has 0 bridgehead atoms. The second-order valence-electron chi connectivity index (χ2n) is 8.69. The van der Waals surface area contributed by atoms with Gasteiger partial charge in [0.05, 0.1) is 30.2 Å². The van der Waals surface area contributed by atoms with Gasteiger partial charge in [0, 0.05) is 31.3 Å². The summed E-state index contributed by atoms with van der Waals surface area (Å²) in [4.78, 5) is 37.9. The molecule has 1 aliphatic heterocycles. The molecular weight excluding hydrogens is 524 g/mol. The van der Waals surface area contributed by atoms with Crippen LogP contribution >= 0.6 is 11.3 Å². The summed E-state index contributed by atoms with van der Waals surface area (Å²) in [6, 6.07) is 6.96. The van der Waals surface area contributed by atoms with Crippen molar-refractivity contribution >= 4 is 34.1 Å². The van der Waals surface area contributed by atoms with E-state index in [1.165, 1.54) is 18.5 Å². The molecule has 1 aliphatic rings. The molecule has 0 aliphatic carbocycles. The lowest BCUT2D eigenvalue weighted by Crippen LogP contribution is -2.21. The molecule has 3 aromatic rings. The Hall–Kier alpha value is -3.71. The van der Waals surface area contributed by atoms with Crippen LogP contribution in [0.4, 0.5) is 28.5 Å². The van der Waals surface area contributed by atoms with E-state index in [4.69, 9.17) is 0 Å². The number of alkyl halides is 4. The number of halogens is 4. The number of rotatable bonds is 8. The molecule has 2 atom stereocenters. The molecule has 1 saturated heterocycles. The molecular formula is C25H24F4N6O2S. The molecule has 2 N–H and O–H groups in total. The predicted octanol–water partition coefficient (Wildman–Crippen LogP) is 4.90. The highest BCUT2D eigenvalue weighted by Gasteiger charge is 2.33. The summed E-state index contributed by atoms with van der Waals surface area (Å²) in [5.41, 5.74) is 1.78. The fraction of sp³-hybridized carbons (Fsp3) is 0.320. The van der Waals surface area contributed by atoms with Gasteiger partial charge in [0.25, 0.3) is 0 Å². The number of likely N-dealkylation sites (tertiary alicyclic amines) is 1. The SMILES string of the molecule is C[C@H](C(=O)Nc1ncc(C(F)(F)F)s1)c1cccc(-c2cnc(NC(=O)/C=C/CN3CC[C@H](F)C3)cn2)c1. The van der Waals surface area contributed by atoms with Crippen LogP contribution in [-0.4, -0.2) is 57.5 Å². The third kappa shape index (κ3) is 7.19. The molecule has 4 rings (SSSR count). The average molecular weight is 549 g/mol. The van der Waals surface area contributed by atoms with Crippen LogP contribution in [0.2, 0.25) is 0 Å². The van der Waals surface area contributed by atoms with Gasteiger partial charge in [-0.3, -0.25) is 19.5 Å². The number of hydrogen-bond donors (Lipinski definition) is 2. The van der Waals surface area contributed by atoms with E-state index in [1.807, 2.05) is 4.90 Å². The van der Waals surface area contributed by atoms with E-state index in [1.54, 1.807) is 37.3 Å². The van der Waals surface area contributed by atoms with Crippen molar-refractivity contribution < 1.29 is 27.2 Å². The maximum absolute atomic E-state index is 13.2. The quantitative estimate of drug-likeness (QED) is 0.307. The second kappa shape index (κ2) is 11.8. The van der Waals surface area contributed by atoms with Gasteiger partial charge in [-0.25, -0.2) is 14.4 Å². The normalized spacial score (nSPS) is 17.0. The van der Waals surface area contributed by atoms with Gasteiger partial charge in [0.15, 0.2) is 10.9 Å². The Bertz CT molecular complexity index is 1310. The highest BCUT2D eigenvalue weighted by Crippen LogP contribution is 2.35. The Labute approximate surface area is 219 Å². The topological polar surface area (TPSA) is 100 Å². The Balaban J connectivity index is 1.34. The van der Waals surface area contributed by atoms with Gasteiger partial charge in [-0.15, -0.1) is 0 Å². The van der Waals surface area contributed by atoms with E-state index in [-0.39, 0.29) is 16.9 Å². The summed E-state index contributed by atoms with van der Waals surface area (Å²) < 4.78 is 51.5. The van der Waals surface area contributed by atoms with Gasteiger partial charge in [-0.1, -0.05) is 35.6 Å². The zero-order chi connectivity index (χ0) is 27.3. The maximum Gasteiger partial charge on any atom is 0.427 e. The van der Waals surface area contributed by atoms with E-state index in [9.17, 15) is 27.2 Å². The first-order valence-electron chi connectivity index (χ1n) is 11.7. The number of hydrogen-bond acceptors (Lipinski definition) is 7. The predicted molar refractivity (Wildman–Crippen MR) is 135 cm³/mol. The molecule has 200 valence electrons. The van der Waals surface area contributed by atoms with Crippen molar-refractivity contribution in [2.75, 3.05) is 30.3 Å². The van der Waals surface area contributed by atoms with Crippen LogP contribution in [-0.2, 0) is 15.8 Å². The third-order valence-electron chi connectivity index (χ3n) is 5.84. The molecule has 0 radical (unpaired) electrons.